The topological polar surface area (TPSA) is 39.2 Å². The molecule has 1 heterocycles. The highest BCUT2D eigenvalue weighted by Crippen LogP contribution is 1.99. The minimum absolute atomic E-state index is 0.115. The van der Waals surface area contributed by atoms with Crippen LogP contribution in [0.4, 0.5) is 4.39 Å². The predicted molar refractivity (Wildman–Crippen MR) is 45.1 cm³/mol. The van der Waals surface area contributed by atoms with Gasteiger partial charge in [-0.3, -0.25) is 9.37 Å². The average Bonchev–Trinajstić information content (AvgIpc) is 2.19. The van der Waals surface area contributed by atoms with Gasteiger partial charge in [0.1, 0.15) is 0 Å². The minimum atomic E-state index is -0.472. The number of rotatable bonds is 4. The third-order valence-corrected chi connectivity index (χ3v) is 1.41. The molecule has 1 rings (SSSR count). The Morgan fingerprint density at radius 2 is 2.46 bits per heavy atom. The summed E-state index contributed by atoms with van der Waals surface area (Å²) in [4.78, 5) is 14.9. The number of halogens is 1. The minimum Gasteiger partial charge on any atom is -0.462 e. The lowest BCUT2D eigenvalue weighted by molar-refractivity contribution is 0.0493. The van der Waals surface area contributed by atoms with Crippen LogP contribution in [0.3, 0.4) is 0 Å². The molecule has 0 N–H and O–H groups in total. The van der Waals surface area contributed by atoms with Gasteiger partial charge < -0.3 is 4.74 Å². The second-order valence-corrected chi connectivity index (χ2v) is 2.42. The fourth-order valence-corrected chi connectivity index (χ4v) is 0.786. The number of hydrogen-bond acceptors (Lipinski definition) is 3. The van der Waals surface area contributed by atoms with Crippen molar-refractivity contribution < 1.29 is 13.9 Å². The molecule has 0 amide bonds. The molecule has 0 fully saturated rings. The molecule has 0 aliphatic rings. The van der Waals surface area contributed by atoms with Crippen LogP contribution in [0, 0.1) is 0 Å². The summed E-state index contributed by atoms with van der Waals surface area (Å²) in [5.74, 6) is -0.457. The number of carbonyl (C=O) groups is 1. The second-order valence-electron chi connectivity index (χ2n) is 2.42. The first kappa shape index (κ1) is 9.64. The second kappa shape index (κ2) is 5.24. The number of alkyl halides is 1. The monoisotopic (exact) mass is 183 g/mol. The maximum Gasteiger partial charge on any atom is 0.339 e. The predicted octanol–water partition coefficient (Wildman–Crippen LogP) is 1.60. The Balaban J connectivity index is 2.40. The number of aromatic nitrogens is 1. The van der Waals surface area contributed by atoms with E-state index in [4.69, 9.17) is 4.74 Å². The van der Waals surface area contributed by atoms with Gasteiger partial charge in [-0.15, -0.1) is 0 Å². The fourth-order valence-electron chi connectivity index (χ4n) is 0.786. The van der Waals surface area contributed by atoms with Crippen LogP contribution < -0.4 is 0 Å². The van der Waals surface area contributed by atoms with E-state index in [2.05, 4.69) is 4.98 Å². The summed E-state index contributed by atoms with van der Waals surface area (Å²) in [7, 11) is 0. The first-order valence-electron chi connectivity index (χ1n) is 3.97. The lowest BCUT2D eigenvalue weighted by atomic mass is 10.3. The number of pyridine rings is 1. The van der Waals surface area contributed by atoms with Gasteiger partial charge in [-0.25, -0.2) is 4.79 Å². The number of nitrogens with zero attached hydrogens (tertiary/aromatic N) is 1. The van der Waals surface area contributed by atoms with Gasteiger partial charge in [0.25, 0.3) is 0 Å². The molecule has 70 valence electrons. The van der Waals surface area contributed by atoms with Gasteiger partial charge in [0.2, 0.25) is 0 Å². The maximum absolute atomic E-state index is 11.6. The van der Waals surface area contributed by atoms with E-state index in [0.717, 1.165) is 0 Å². The van der Waals surface area contributed by atoms with Gasteiger partial charge >= 0.3 is 5.97 Å². The van der Waals surface area contributed by atoms with Gasteiger partial charge in [-0.1, -0.05) is 0 Å². The molecule has 0 bridgehead atoms. The van der Waals surface area contributed by atoms with Crippen molar-refractivity contribution in [3.05, 3.63) is 30.1 Å². The van der Waals surface area contributed by atoms with Crippen molar-refractivity contribution in [3.8, 4) is 0 Å². The van der Waals surface area contributed by atoms with Gasteiger partial charge in [0.15, 0.2) is 0 Å². The highest BCUT2D eigenvalue weighted by molar-refractivity contribution is 5.88. The Morgan fingerprint density at radius 1 is 1.62 bits per heavy atom. The molecule has 13 heavy (non-hydrogen) atoms. The molecule has 0 spiro atoms. The highest BCUT2D eigenvalue weighted by atomic mass is 19.1. The van der Waals surface area contributed by atoms with Crippen molar-refractivity contribution >= 4 is 5.97 Å². The van der Waals surface area contributed by atoms with Crippen molar-refractivity contribution in [2.75, 3.05) is 13.3 Å². The summed E-state index contributed by atoms with van der Waals surface area (Å²) < 4.78 is 16.4. The molecule has 4 heteroatoms. The van der Waals surface area contributed by atoms with E-state index >= 15 is 0 Å². The van der Waals surface area contributed by atoms with Gasteiger partial charge in [0.05, 0.1) is 18.8 Å². The molecule has 3 nitrogen and oxygen atoms in total. The largest absolute Gasteiger partial charge is 0.462 e. The Kier molecular flexibility index (Phi) is 3.88. The zero-order valence-corrected chi connectivity index (χ0v) is 7.07. The molecule has 0 saturated heterocycles. The third kappa shape index (κ3) is 3.19. The smallest absolute Gasteiger partial charge is 0.339 e. The van der Waals surface area contributed by atoms with Crippen LogP contribution in [0.2, 0.25) is 0 Å². The van der Waals surface area contributed by atoms with Crippen molar-refractivity contribution in [1.82, 2.24) is 4.98 Å². The van der Waals surface area contributed by atoms with E-state index in [1.54, 1.807) is 18.3 Å². The van der Waals surface area contributed by atoms with Crippen LogP contribution in [-0.4, -0.2) is 24.2 Å². The molecule has 0 radical (unpaired) electrons. The lowest BCUT2D eigenvalue weighted by Gasteiger charge is -2.01. The van der Waals surface area contributed by atoms with Crippen molar-refractivity contribution in [2.24, 2.45) is 0 Å². The fraction of sp³-hybridized carbons (Fsp3) is 0.333. The molecular formula is C9H10FNO2. The van der Waals surface area contributed by atoms with E-state index in [-0.39, 0.29) is 13.0 Å². The summed E-state index contributed by atoms with van der Waals surface area (Å²) in [5.41, 5.74) is 0.390. The zero-order chi connectivity index (χ0) is 9.52. The normalized spacial score (nSPS) is 9.62. The van der Waals surface area contributed by atoms with Gasteiger partial charge in [0, 0.05) is 18.8 Å². The van der Waals surface area contributed by atoms with Crippen LogP contribution >= 0.6 is 0 Å². The quantitative estimate of drug-likeness (QED) is 0.525. The number of ether oxygens (including phenoxy) is 1. The molecular weight excluding hydrogens is 173 g/mol. The summed E-state index contributed by atoms with van der Waals surface area (Å²) in [5, 5.41) is 0. The van der Waals surface area contributed by atoms with E-state index in [9.17, 15) is 9.18 Å². The lowest BCUT2D eigenvalue weighted by Crippen LogP contribution is -2.06. The van der Waals surface area contributed by atoms with Crippen molar-refractivity contribution in [2.45, 2.75) is 6.42 Å². The number of esters is 1. The first-order chi connectivity index (χ1) is 6.34. The van der Waals surface area contributed by atoms with E-state index in [0.29, 0.717) is 5.56 Å². The molecule has 0 atom stereocenters. The maximum atomic E-state index is 11.6. The van der Waals surface area contributed by atoms with Crippen molar-refractivity contribution in [1.29, 1.82) is 0 Å². The number of carbonyl (C=O) groups excluding carboxylic acids is 1. The van der Waals surface area contributed by atoms with Crippen LogP contribution in [-0.2, 0) is 4.74 Å². The Bertz CT molecular complexity index is 264. The van der Waals surface area contributed by atoms with E-state index in [1.165, 1.54) is 6.20 Å². The molecule has 0 aromatic carbocycles. The molecule has 0 saturated carbocycles. The standard InChI is InChI=1S/C9H10FNO2/c10-4-2-6-13-9(12)8-3-1-5-11-7-8/h1,3,5,7H,2,4,6H2. The summed E-state index contributed by atoms with van der Waals surface area (Å²) in [6, 6.07) is 3.25. The summed E-state index contributed by atoms with van der Waals surface area (Å²) in [6.07, 6.45) is 3.22. The van der Waals surface area contributed by atoms with Gasteiger partial charge in [-0.05, 0) is 12.1 Å². The summed E-state index contributed by atoms with van der Waals surface area (Å²) in [6.45, 7) is -0.357. The molecule has 1 aromatic heterocycles. The average molecular weight is 183 g/mol. The van der Waals surface area contributed by atoms with Gasteiger partial charge in [-0.2, -0.15) is 0 Å². The van der Waals surface area contributed by atoms with Crippen LogP contribution in [0.15, 0.2) is 24.5 Å². The molecule has 1 aromatic rings. The van der Waals surface area contributed by atoms with Crippen LogP contribution in [0.1, 0.15) is 16.8 Å². The van der Waals surface area contributed by atoms with Crippen LogP contribution in [0.5, 0.6) is 0 Å². The summed E-state index contributed by atoms with van der Waals surface area (Å²) >= 11 is 0. The molecule has 0 unspecified atom stereocenters. The third-order valence-electron chi connectivity index (χ3n) is 1.41. The van der Waals surface area contributed by atoms with E-state index in [1.807, 2.05) is 0 Å². The first-order valence-corrected chi connectivity index (χ1v) is 3.97. The molecule has 0 aliphatic heterocycles. The molecule has 0 aliphatic carbocycles. The zero-order valence-electron chi connectivity index (χ0n) is 7.07. The van der Waals surface area contributed by atoms with Crippen molar-refractivity contribution in [3.63, 3.8) is 0 Å². The van der Waals surface area contributed by atoms with Crippen LogP contribution in [0.25, 0.3) is 0 Å². The Hall–Kier alpha value is -1.45. The highest BCUT2D eigenvalue weighted by Gasteiger charge is 2.05. The Morgan fingerprint density at radius 3 is 3.08 bits per heavy atom. The SMILES string of the molecule is O=C(OCCCF)c1cccnc1. The number of hydrogen-bond donors (Lipinski definition) is 0. The van der Waals surface area contributed by atoms with E-state index < -0.39 is 12.6 Å². The Labute approximate surface area is 75.6 Å².